The van der Waals surface area contributed by atoms with E-state index in [0.717, 1.165) is 6.42 Å². The van der Waals surface area contributed by atoms with Gasteiger partial charge in [0, 0.05) is 19.0 Å². The molecule has 5 heteroatoms. The van der Waals surface area contributed by atoms with Gasteiger partial charge >= 0.3 is 0 Å². The maximum atomic E-state index is 11.8. The first-order valence-corrected chi connectivity index (χ1v) is 7.10. The van der Waals surface area contributed by atoms with Crippen LogP contribution in [0.25, 0.3) is 0 Å². The third kappa shape index (κ3) is 6.36. The largest absolute Gasteiger partial charge is 0.378 e. The van der Waals surface area contributed by atoms with Crippen LogP contribution in [0.3, 0.4) is 0 Å². The topological polar surface area (TPSA) is 73.6 Å². The van der Waals surface area contributed by atoms with Crippen molar-refractivity contribution in [2.45, 2.75) is 27.2 Å². The van der Waals surface area contributed by atoms with Gasteiger partial charge in [-0.05, 0) is 17.8 Å². The van der Waals surface area contributed by atoms with Gasteiger partial charge in [0.15, 0.2) is 0 Å². The molecule has 0 saturated heterocycles. The summed E-state index contributed by atoms with van der Waals surface area (Å²) in [6.07, 6.45) is 1.02. The van der Waals surface area contributed by atoms with E-state index >= 15 is 0 Å². The van der Waals surface area contributed by atoms with Crippen LogP contribution in [-0.4, -0.2) is 45.4 Å². The van der Waals surface area contributed by atoms with Crippen LogP contribution in [0.2, 0.25) is 0 Å². The number of ether oxygens (including phenoxy) is 2. The quantitative estimate of drug-likeness (QED) is 0.608. The summed E-state index contributed by atoms with van der Waals surface area (Å²) in [6, 6.07) is 0. The molecule has 112 valence electrons. The van der Waals surface area contributed by atoms with Crippen molar-refractivity contribution in [3.8, 4) is 0 Å². The molecule has 1 rings (SSSR count). The molecule has 1 saturated carbocycles. The Morgan fingerprint density at radius 3 is 2.37 bits per heavy atom. The molecule has 0 aromatic carbocycles. The lowest BCUT2D eigenvalue weighted by Gasteiger charge is -2.17. The van der Waals surface area contributed by atoms with E-state index in [-0.39, 0.29) is 17.2 Å². The minimum absolute atomic E-state index is 0.169. The van der Waals surface area contributed by atoms with Crippen LogP contribution in [-0.2, 0) is 14.3 Å². The van der Waals surface area contributed by atoms with E-state index in [0.29, 0.717) is 45.4 Å². The van der Waals surface area contributed by atoms with Crippen molar-refractivity contribution in [1.82, 2.24) is 5.32 Å². The number of rotatable bonds is 9. The van der Waals surface area contributed by atoms with E-state index in [1.807, 2.05) is 0 Å². The van der Waals surface area contributed by atoms with Gasteiger partial charge in [-0.2, -0.15) is 0 Å². The highest BCUT2D eigenvalue weighted by Gasteiger charge is 2.49. The van der Waals surface area contributed by atoms with Gasteiger partial charge in [-0.1, -0.05) is 20.8 Å². The highest BCUT2D eigenvalue weighted by atomic mass is 16.5. The first kappa shape index (κ1) is 16.4. The van der Waals surface area contributed by atoms with E-state index in [1.54, 1.807) is 0 Å². The smallest absolute Gasteiger partial charge is 0.223 e. The van der Waals surface area contributed by atoms with E-state index in [1.165, 1.54) is 0 Å². The van der Waals surface area contributed by atoms with Gasteiger partial charge in [0.2, 0.25) is 5.91 Å². The zero-order valence-electron chi connectivity index (χ0n) is 12.4. The molecule has 1 fully saturated rings. The maximum Gasteiger partial charge on any atom is 0.223 e. The van der Waals surface area contributed by atoms with Crippen LogP contribution in [0.4, 0.5) is 0 Å². The predicted octanol–water partition coefficient (Wildman–Crippen LogP) is 0.777. The molecule has 5 nitrogen and oxygen atoms in total. The SMILES string of the molecule is CC(C)(C)C1CC1C(=O)NCCOCCOCCN. The Labute approximate surface area is 116 Å². The lowest BCUT2D eigenvalue weighted by Crippen LogP contribution is -2.30. The Balaban J connectivity index is 1.95. The number of carbonyl (C=O) groups excluding carboxylic acids is 1. The number of amides is 1. The summed E-state index contributed by atoms with van der Waals surface area (Å²) in [6.45, 7) is 9.88. The highest BCUT2D eigenvalue weighted by Crippen LogP contribution is 2.50. The van der Waals surface area contributed by atoms with Crippen LogP contribution < -0.4 is 11.1 Å². The number of hydrogen-bond acceptors (Lipinski definition) is 4. The monoisotopic (exact) mass is 272 g/mol. The second-order valence-corrected chi connectivity index (χ2v) is 6.12. The Kier molecular flexibility index (Phi) is 6.75. The van der Waals surface area contributed by atoms with Gasteiger partial charge in [0.05, 0.1) is 26.4 Å². The van der Waals surface area contributed by atoms with Gasteiger partial charge in [-0.3, -0.25) is 4.79 Å². The summed E-state index contributed by atoms with van der Waals surface area (Å²) < 4.78 is 10.5. The van der Waals surface area contributed by atoms with Gasteiger partial charge in [0.1, 0.15) is 0 Å². The first-order valence-electron chi connectivity index (χ1n) is 7.10. The van der Waals surface area contributed by atoms with Gasteiger partial charge in [-0.15, -0.1) is 0 Å². The lowest BCUT2D eigenvalue weighted by atomic mass is 9.89. The molecule has 0 aliphatic heterocycles. The number of hydrogen-bond donors (Lipinski definition) is 2. The van der Waals surface area contributed by atoms with Crippen molar-refractivity contribution in [2.24, 2.45) is 23.0 Å². The second kappa shape index (κ2) is 7.82. The van der Waals surface area contributed by atoms with E-state index in [4.69, 9.17) is 15.2 Å². The van der Waals surface area contributed by atoms with Gasteiger partial charge < -0.3 is 20.5 Å². The Hall–Kier alpha value is -0.650. The van der Waals surface area contributed by atoms with E-state index in [2.05, 4.69) is 26.1 Å². The summed E-state index contributed by atoms with van der Waals surface area (Å²) >= 11 is 0. The lowest BCUT2D eigenvalue weighted by molar-refractivity contribution is -0.123. The zero-order chi connectivity index (χ0) is 14.3. The molecule has 0 aromatic heterocycles. The molecule has 1 aliphatic carbocycles. The summed E-state index contributed by atoms with van der Waals surface area (Å²) in [5.74, 6) is 0.897. The maximum absolute atomic E-state index is 11.8. The van der Waals surface area contributed by atoms with Crippen molar-refractivity contribution < 1.29 is 14.3 Å². The Morgan fingerprint density at radius 2 is 1.84 bits per heavy atom. The number of carbonyl (C=O) groups is 1. The third-order valence-corrected chi connectivity index (χ3v) is 3.42. The van der Waals surface area contributed by atoms with Crippen LogP contribution in [0.15, 0.2) is 0 Å². The standard InChI is InChI=1S/C14H28N2O3/c1-14(2,3)12-10-11(12)13(17)16-5-7-19-9-8-18-6-4-15/h11-12H,4-10,15H2,1-3H3,(H,16,17). The molecule has 1 amide bonds. The second-order valence-electron chi connectivity index (χ2n) is 6.12. The van der Waals surface area contributed by atoms with Crippen molar-refractivity contribution in [1.29, 1.82) is 0 Å². The summed E-state index contributed by atoms with van der Waals surface area (Å²) in [5.41, 5.74) is 5.52. The molecule has 19 heavy (non-hydrogen) atoms. The fourth-order valence-electron chi connectivity index (χ4n) is 2.22. The molecule has 0 aromatic rings. The fourth-order valence-corrected chi connectivity index (χ4v) is 2.22. The van der Waals surface area contributed by atoms with Crippen LogP contribution in [0.5, 0.6) is 0 Å². The first-order chi connectivity index (χ1) is 8.96. The average molecular weight is 272 g/mol. The summed E-state index contributed by atoms with van der Waals surface area (Å²) in [4.78, 5) is 11.8. The van der Waals surface area contributed by atoms with Crippen LogP contribution in [0.1, 0.15) is 27.2 Å². The van der Waals surface area contributed by atoms with Crippen molar-refractivity contribution in [3.63, 3.8) is 0 Å². The van der Waals surface area contributed by atoms with Crippen LogP contribution >= 0.6 is 0 Å². The predicted molar refractivity (Wildman–Crippen MR) is 74.8 cm³/mol. The molecule has 0 heterocycles. The Morgan fingerprint density at radius 1 is 1.21 bits per heavy atom. The molecular weight excluding hydrogens is 244 g/mol. The highest BCUT2D eigenvalue weighted by molar-refractivity contribution is 5.81. The van der Waals surface area contributed by atoms with E-state index in [9.17, 15) is 4.79 Å². The molecule has 3 N–H and O–H groups in total. The molecule has 0 spiro atoms. The summed E-state index contributed by atoms with van der Waals surface area (Å²) in [5, 5.41) is 2.92. The van der Waals surface area contributed by atoms with Crippen molar-refractivity contribution in [2.75, 3.05) is 39.5 Å². The minimum Gasteiger partial charge on any atom is -0.378 e. The zero-order valence-corrected chi connectivity index (χ0v) is 12.4. The molecule has 2 unspecified atom stereocenters. The number of nitrogens with one attached hydrogen (secondary N) is 1. The van der Waals surface area contributed by atoms with Crippen molar-refractivity contribution >= 4 is 5.91 Å². The van der Waals surface area contributed by atoms with Crippen molar-refractivity contribution in [3.05, 3.63) is 0 Å². The fraction of sp³-hybridized carbons (Fsp3) is 0.929. The van der Waals surface area contributed by atoms with Gasteiger partial charge in [-0.25, -0.2) is 0 Å². The molecule has 0 radical (unpaired) electrons. The van der Waals surface area contributed by atoms with Gasteiger partial charge in [0.25, 0.3) is 0 Å². The minimum atomic E-state index is 0.169. The Bertz CT molecular complexity index is 276. The molecule has 1 aliphatic rings. The summed E-state index contributed by atoms with van der Waals surface area (Å²) in [7, 11) is 0. The van der Waals surface area contributed by atoms with Crippen LogP contribution in [0, 0.1) is 17.3 Å². The number of nitrogens with two attached hydrogens (primary N) is 1. The molecule has 0 bridgehead atoms. The molecule has 2 atom stereocenters. The third-order valence-electron chi connectivity index (χ3n) is 3.42. The molecular formula is C14H28N2O3. The van der Waals surface area contributed by atoms with E-state index < -0.39 is 0 Å². The average Bonchev–Trinajstić information content (AvgIpc) is 3.12. The normalized spacial score (nSPS) is 22.3.